The highest BCUT2D eigenvalue weighted by Crippen LogP contribution is 2.28. The average molecular weight is 345 g/mol. The molecule has 3 rings (SSSR count). The summed E-state index contributed by atoms with van der Waals surface area (Å²) in [5.41, 5.74) is 1.06. The minimum Gasteiger partial charge on any atom is -0.322 e. The number of carbonyl (C=O) groups is 1. The molecule has 0 aliphatic heterocycles. The Labute approximate surface area is 141 Å². The van der Waals surface area contributed by atoms with Crippen LogP contribution in [0.4, 0.5) is 14.5 Å². The molecular formula is C18H11ClF2N2O. The molecule has 1 aromatic heterocycles. The van der Waals surface area contributed by atoms with Gasteiger partial charge in [-0.2, -0.15) is 0 Å². The highest BCUT2D eigenvalue weighted by Gasteiger charge is 2.14. The molecule has 3 nitrogen and oxygen atoms in total. The third-order valence-corrected chi connectivity index (χ3v) is 3.65. The Morgan fingerprint density at radius 1 is 1.04 bits per heavy atom. The van der Waals surface area contributed by atoms with Crippen LogP contribution in [0.1, 0.15) is 10.4 Å². The van der Waals surface area contributed by atoms with Crippen molar-refractivity contribution in [3.05, 3.63) is 83.0 Å². The van der Waals surface area contributed by atoms with Crippen molar-refractivity contribution in [1.29, 1.82) is 0 Å². The molecule has 0 saturated carbocycles. The van der Waals surface area contributed by atoms with E-state index < -0.39 is 17.5 Å². The molecular weight excluding hydrogens is 334 g/mol. The predicted octanol–water partition coefficient (Wildman–Crippen LogP) is 4.93. The molecule has 0 spiro atoms. The third-order valence-electron chi connectivity index (χ3n) is 3.35. The lowest BCUT2D eigenvalue weighted by Gasteiger charge is -2.08. The quantitative estimate of drug-likeness (QED) is 0.731. The minimum atomic E-state index is -0.609. The number of carbonyl (C=O) groups excluding carboxylic acids is 1. The van der Waals surface area contributed by atoms with Gasteiger partial charge >= 0.3 is 0 Å². The summed E-state index contributed by atoms with van der Waals surface area (Å²) >= 11 is 6.01. The lowest BCUT2D eigenvalue weighted by molar-refractivity contribution is 0.102. The van der Waals surface area contributed by atoms with E-state index in [0.29, 0.717) is 16.4 Å². The number of pyridine rings is 1. The highest BCUT2D eigenvalue weighted by molar-refractivity contribution is 6.33. The largest absolute Gasteiger partial charge is 0.322 e. The first-order valence-corrected chi connectivity index (χ1v) is 7.40. The standard InChI is InChI=1S/C18H11ClF2N2O/c19-15-2-1-9-22-17(15)14-8-3-11(10-16(14)21)18(24)23-13-6-4-12(20)5-7-13/h1-10H,(H,23,24). The van der Waals surface area contributed by atoms with Gasteiger partial charge in [0.1, 0.15) is 11.6 Å². The first kappa shape index (κ1) is 16.1. The van der Waals surface area contributed by atoms with E-state index in [9.17, 15) is 13.6 Å². The molecule has 24 heavy (non-hydrogen) atoms. The molecule has 0 aliphatic carbocycles. The zero-order valence-electron chi connectivity index (χ0n) is 12.3. The number of benzene rings is 2. The van der Waals surface area contributed by atoms with Gasteiger partial charge in [-0.1, -0.05) is 11.6 Å². The molecule has 1 N–H and O–H groups in total. The monoisotopic (exact) mass is 344 g/mol. The van der Waals surface area contributed by atoms with Crippen LogP contribution < -0.4 is 5.32 Å². The Morgan fingerprint density at radius 2 is 1.79 bits per heavy atom. The average Bonchev–Trinajstić information content (AvgIpc) is 2.57. The van der Waals surface area contributed by atoms with Crippen molar-refractivity contribution in [2.75, 3.05) is 5.32 Å². The summed E-state index contributed by atoms with van der Waals surface area (Å²) in [6, 6.07) is 12.6. The van der Waals surface area contributed by atoms with Crippen molar-refractivity contribution in [3.63, 3.8) is 0 Å². The van der Waals surface area contributed by atoms with Gasteiger partial charge in [-0.15, -0.1) is 0 Å². The molecule has 1 amide bonds. The van der Waals surface area contributed by atoms with Gasteiger partial charge in [0.05, 0.1) is 10.7 Å². The Bertz CT molecular complexity index is 898. The van der Waals surface area contributed by atoms with Gasteiger partial charge < -0.3 is 5.32 Å². The maximum Gasteiger partial charge on any atom is 0.255 e. The van der Waals surface area contributed by atoms with Gasteiger partial charge in [0.2, 0.25) is 0 Å². The SMILES string of the molecule is O=C(Nc1ccc(F)cc1)c1ccc(-c2ncccc2Cl)c(F)c1. The fourth-order valence-corrected chi connectivity index (χ4v) is 2.39. The van der Waals surface area contributed by atoms with Crippen LogP contribution in [-0.4, -0.2) is 10.9 Å². The number of nitrogens with zero attached hydrogens (tertiary/aromatic N) is 1. The first-order chi connectivity index (χ1) is 11.5. The number of hydrogen-bond acceptors (Lipinski definition) is 2. The van der Waals surface area contributed by atoms with E-state index in [2.05, 4.69) is 10.3 Å². The zero-order valence-corrected chi connectivity index (χ0v) is 13.0. The number of rotatable bonds is 3. The van der Waals surface area contributed by atoms with Crippen molar-refractivity contribution >= 4 is 23.2 Å². The normalized spacial score (nSPS) is 10.5. The van der Waals surface area contributed by atoms with Crippen LogP contribution in [0.25, 0.3) is 11.3 Å². The van der Waals surface area contributed by atoms with Crippen molar-refractivity contribution in [1.82, 2.24) is 4.98 Å². The molecule has 1 heterocycles. The number of halogens is 3. The van der Waals surface area contributed by atoms with Crippen molar-refractivity contribution in [2.45, 2.75) is 0 Å². The van der Waals surface area contributed by atoms with Crippen LogP contribution in [0, 0.1) is 11.6 Å². The molecule has 6 heteroatoms. The van der Waals surface area contributed by atoms with Crippen LogP contribution in [0.2, 0.25) is 5.02 Å². The first-order valence-electron chi connectivity index (χ1n) is 7.02. The van der Waals surface area contributed by atoms with E-state index in [0.717, 1.165) is 6.07 Å². The molecule has 0 bridgehead atoms. The number of hydrogen-bond donors (Lipinski definition) is 1. The molecule has 0 saturated heterocycles. The molecule has 2 aromatic carbocycles. The van der Waals surface area contributed by atoms with Gasteiger partial charge in [-0.05, 0) is 54.6 Å². The predicted molar refractivity (Wildman–Crippen MR) is 89.0 cm³/mol. The second-order valence-electron chi connectivity index (χ2n) is 4.99. The van der Waals surface area contributed by atoms with Crippen LogP contribution in [-0.2, 0) is 0 Å². The third kappa shape index (κ3) is 3.41. The fourth-order valence-electron chi connectivity index (χ4n) is 2.17. The lowest BCUT2D eigenvalue weighted by atomic mass is 10.1. The summed E-state index contributed by atoms with van der Waals surface area (Å²) in [5, 5.41) is 2.89. The number of aromatic nitrogens is 1. The lowest BCUT2D eigenvalue weighted by Crippen LogP contribution is -2.12. The number of nitrogens with one attached hydrogen (secondary N) is 1. The highest BCUT2D eigenvalue weighted by atomic mass is 35.5. The summed E-state index contributed by atoms with van der Waals surface area (Å²) in [4.78, 5) is 16.2. The second kappa shape index (κ2) is 6.76. The molecule has 0 radical (unpaired) electrons. The maximum absolute atomic E-state index is 14.3. The van der Waals surface area contributed by atoms with E-state index >= 15 is 0 Å². The van der Waals surface area contributed by atoms with Gasteiger partial charge in [0.25, 0.3) is 5.91 Å². The summed E-state index contributed by atoms with van der Waals surface area (Å²) in [6.07, 6.45) is 1.51. The number of amides is 1. The molecule has 0 aliphatic rings. The van der Waals surface area contributed by atoms with Crippen molar-refractivity contribution in [2.24, 2.45) is 0 Å². The Morgan fingerprint density at radius 3 is 2.46 bits per heavy atom. The topological polar surface area (TPSA) is 42.0 Å². The van der Waals surface area contributed by atoms with E-state index in [4.69, 9.17) is 11.6 Å². The summed E-state index contributed by atoms with van der Waals surface area (Å²) < 4.78 is 27.2. The minimum absolute atomic E-state index is 0.132. The van der Waals surface area contributed by atoms with Crippen LogP contribution in [0.5, 0.6) is 0 Å². The Balaban J connectivity index is 1.85. The van der Waals surface area contributed by atoms with E-state index in [1.807, 2.05) is 0 Å². The van der Waals surface area contributed by atoms with E-state index in [1.54, 1.807) is 12.1 Å². The van der Waals surface area contributed by atoms with Crippen molar-refractivity contribution < 1.29 is 13.6 Å². The fraction of sp³-hybridized carbons (Fsp3) is 0. The molecule has 3 aromatic rings. The molecule has 120 valence electrons. The summed E-state index contributed by atoms with van der Waals surface area (Å²) in [7, 11) is 0. The number of anilines is 1. The van der Waals surface area contributed by atoms with Crippen molar-refractivity contribution in [3.8, 4) is 11.3 Å². The second-order valence-corrected chi connectivity index (χ2v) is 5.40. The van der Waals surface area contributed by atoms with E-state index in [1.165, 1.54) is 42.6 Å². The smallest absolute Gasteiger partial charge is 0.255 e. The van der Waals surface area contributed by atoms with Gasteiger partial charge in [0, 0.05) is 23.0 Å². The van der Waals surface area contributed by atoms with E-state index in [-0.39, 0.29) is 11.1 Å². The zero-order chi connectivity index (χ0) is 17.1. The van der Waals surface area contributed by atoms with Crippen LogP contribution in [0.15, 0.2) is 60.8 Å². The molecule has 0 unspecified atom stereocenters. The molecule has 0 fully saturated rings. The van der Waals surface area contributed by atoms with Crippen LogP contribution in [0.3, 0.4) is 0 Å². The summed E-state index contributed by atoms with van der Waals surface area (Å²) in [5.74, 6) is -1.52. The Kier molecular flexibility index (Phi) is 4.53. The maximum atomic E-state index is 14.3. The Hall–Kier alpha value is -2.79. The van der Waals surface area contributed by atoms with Crippen LogP contribution >= 0.6 is 11.6 Å². The van der Waals surface area contributed by atoms with Gasteiger partial charge in [0.15, 0.2) is 0 Å². The van der Waals surface area contributed by atoms with Gasteiger partial charge in [-0.25, -0.2) is 8.78 Å². The summed E-state index contributed by atoms with van der Waals surface area (Å²) in [6.45, 7) is 0. The molecule has 0 atom stereocenters. The van der Waals surface area contributed by atoms with Gasteiger partial charge in [-0.3, -0.25) is 9.78 Å².